The zero-order valence-corrected chi connectivity index (χ0v) is 13.3. The van der Waals surface area contributed by atoms with Gasteiger partial charge in [-0.2, -0.15) is 0 Å². The van der Waals surface area contributed by atoms with Crippen molar-refractivity contribution in [2.75, 3.05) is 6.54 Å². The number of ether oxygens (including phenoxy) is 1. The molecular formula is C12H15Cl2NO4S. The van der Waals surface area contributed by atoms with Crippen molar-refractivity contribution in [2.24, 2.45) is 0 Å². The van der Waals surface area contributed by atoms with E-state index in [-0.39, 0.29) is 21.6 Å². The smallest absolute Gasteiger partial charge is 0.261 e. The maximum absolute atomic E-state index is 11.6. The monoisotopic (exact) mass is 339 g/mol. The van der Waals surface area contributed by atoms with Crippen molar-refractivity contribution in [3.05, 3.63) is 23.2 Å². The van der Waals surface area contributed by atoms with Gasteiger partial charge in [-0.15, -0.1) is 0 Å². The Morgan fingerprint density at radius 1 is 1.45 bits per heavy atom. The molecule has 1 aromatic rings. The third kappa shape index (κ3) is 4.85. The van der Waals surface area contributed by atoms with Crippen LogP contribution in [0.5, 0.6) is 5.75 Å². The van der Waals surface area contributed by atoms with E-state index in [0.29, 0.717) is 6.54 Å². The number of rotatable bonds is 6. The second-order valence-corrected chi connectivity index (χ2v) is 7.05. The maximum Gasteiger partial charge on any atom is 0.261 e. The summed E-state index contributed by atoms with van der Waals surface area (Å²) < 4.78 is 27.7. The third-order valence-corrected chi connectivity index (χ3v) is 4.05. The van der Waals surface area contributed by atoms with E-state index in [1.807, 2.05) is 6.92 Å². The van der Waals surface area contributed by atoms with Gasteiger partial charge in [0, 0.05) is 17.2 Å². The molecule has 0 fully saturated rings. The molecular weight excluding hydrogens is 325 g/mol. The van der Waals surface area contributed by atoms with E-state index in [4.69, 9.17) is 27.0 Å². The van der Waals surface area contributed by atoms with Gasteiger partial charge in [0.25, 0.3) is 15.0 Å². The lowest BCUT2D eigenvalue weighted by Gasteiger charge is -2.15. The Kier molecular flexibility index (Phi) is 6.10. The van der Waals surface area contributed by atoms with Gasteiger partial charge in [0.2, 0.25) is 0 Å². The van der Waals surface area contributed by atoms with E-state index in [9.17, 15) is 13.2 Å². The summed E-state index contributed by atoms with van der Waals surface area (Å²) in [6.07, 6.45) is 0.0825. The molecule has 0 saturated heterocycles. The fourth-order valence-corrected chi connectivity index (χ4v) is 2.43. The highest BCUT2D eigenvalue weighted by atomic mass is 35.7. The number of benzene rings is 1. The highest BCUT2D eigenvalue weighted by Gasteiger charge is 2.17. The van der Waals surface area contributed by atoms with Gasteiger partial charge in [0.15, 0.2) is 6.10 Å². The molecule has 8 heteroatoms. The van der Waals surface area contributed by atoms with Gasteiger partial charge >= 0.3 is 0 Å². The van der Waals surface area contributed by atoms with E-state index in [2.05, 4.69) is 5.32 Å². The van der Waals surface area contributed by atoms with Crippen LogP contribution in [0, 0.1) is 0 Å². The second-order valence-electron chi connectivity index (χ2n) is 4.08. The molecule has 0 aliphatic rings. The van der Waals surface area contributed by atoms with Crippen LogP contribution >= 0.6 is 22.3 Å². The first-order valence-electron chi connectivity index (χ1n) is 5.94. The van der Waals surface area contributed by atoms with Gasteiger partial charge in [-0.25, -0.2) is 8.42 Å². The Hall–Kier alpha value is -0.980. The Morgan fingerprint density at radius 2 is 2.10 bits per heavy atom. The minimum absolute atomic E-state index is 0.0712. The summed E-state index contributed by atoms with van der Waals surface area (Å²) in [4.78, 5) is 11.5. The fourth-order valence-electron chi connectivity index (χ4n) is 1.36. The summed E-state index contributed by atoms with van der Waals surface area (Å²) in [5, 5.41) is 2.75. The quantitative estimate of drug-likeness (QED) is 0.808. The third-order valence-electron chi connectivity index (χ3n) is 2.41. The number of carbonyl (C=O) groups is 1. The van der Waals surface area contributed by atoms with E-state index in [0.717, 1.165) is 6.42 Å². The predicted octanol–water partition coefficient (Wildman–Crippen LogP) is 2.56. The molecule has 112 valence electrons. The molecule has 0 radical (unpaired) electrons. The van der Waals surface area contributed by atoms with Gasteiger partial charge in [0.05, 0.1) is 9.92 Å². The van der Waals surface area contributed by atoms with E-state index < -0.39 is 15.2 Å². The largest absolute Gasteiger partial charge is 0.479 e. The molecule has 0 spiro atoms. The SMILES string of the molecule is CCCNC(=O)C(C)Oc1ccc(S(=O)(=O)Cl)cc1Cl. The van der Waals surface area contributed by atoms with Crippen LogP contribution in [-0.4, -0.2) is 27.0 Å². The molecule has 0 aliphatic heterocycles. The summed E-state index contributed by atoms with van der Waals surface area (Å²) in [5.74, 6) is -0.0492. The second kappa shape index (κ2) is 7.15. The van der Waals surface area contributed by atoms with E-state index >= 15 is 0 Å². The molecule has 1 aromatic carbocycles. The van der Waals surface area contributed by atoms with Gasteiger partial charge in [-0.05, 0) is 31.5 Å². The molecule has 0 aliphatic carbocycles. The van der Waals surface area contributed by atoms with Crippen LogP contribution in [0.2, 0.25) is 5.02 Å². The molecule has 0 saturated carbocycles. The zero-order valence-electron chi connectivity index (χ0n) is 11.0. The average molecular weight is 340 g/mol. The minimum atomic E-state index is -3.85. The van der Waals surface area contributed by atoms with Crippen molar-refractivity contribution < 1.29 is 17.9 Å². The molecule has 1 N–H and O–H groups in total. The minimum Gasteiger partial charge on any atom is -0.479 e. The highest BCUT2D eigenvalue weighted by Crippen LogP contribution is 2.29. The van der Waals surface area contributed by atoms with Crippen LogP contribution in [-0.2, 0) is 13.8 Å². The molecule has 1 unspecified atom stereocenters. The van der Waals surface area contributed by atoms with Crippen molar-refractivity contribution in [2.45, 2.75) is 31.3 Å². The lowest BCUT2D eigenvalue weighted by Crippen LogP contribution is -2.36. The number of hydrogen-bond acceptors (Lipinski definition) is 4. The van der Waals surface area contributed by atoms with Gasteiger partial charge in [-0.3, -0.25) is 4.79 Å². The first-order chi connectivity index (χ1) is 9.25. The van der Waals surface area contributed by atoms with Crippen molar-refractivity contribution in [3.63, 3.8) is 0 Å². The van der Waals surface area contributed by atoms with Crippen LogP contribution in [0.15, 0.2) is 23.1 Å². The van der Waals surface area contributed by atoms with Crippen LogP contribution in [0.25, 0.3) is 0 Å². The highest BCUT2D eigenvalue weighted by molar-refractivity contribution is 8.13. The summed E-state index contributed by atoms with van der Waals surface area (Å²) in [6, 6.07) is 3.80. The predicted molar refractivity (Wildman–Crippen MR) is 77.9 cm³/mol. The number of carbonyl (C=O) groups excluding carboxylic acids is 1. The molecule has 1 atom stereocenters. The Balaban J connectivity index is 2.81. The van der Waals surface area contributed by atoms with Gasteiger partial charge < -0.3 is 10.1 Å². The Morgan fingerprint density at radius 3 is 2.60 bits per heavy atom. The molecule has 20 heavy (non-hydrogen) atoms. The topological polar surface area (TPSA) is 72.5 Å². The Bertz CT molecular complexity index is 589. The lowest BCUT2D eigenvalue weighted by molar-refractivity contribution is -0.127. The lowest BCUT2D eigenvalue weighted by atomic mass is 10.3. The van der Waals surface area contributed by atoms with Crippen LogP contribution in [0.4, 0.5) is 0 Å². The average Bonchev–Trinajstić information content (AvgIpc) is 2.36. The number of hydrogen-bond donors (Lipinski definition) is 1. The zero-order chi connectivity index (χ0) is 15.3. The normalized spacial score (nSPS) is 12.8. The van der Waals surface area contributed by atoms with Crippen LogP contribution in [0.1, 0.15) is 20.3 Å². The van der Waals surface area contributed by atoms with Crippen LogP contribution < -0.4 is 10.1 Å². The first kappa shape index (κ1) is 17.1. The van der Waals surface area contributed by atoms with Crippen molar-refractivity contribution in [1.29, 1.82) is 0 Å². The Labute approximate surface area is 127 Å². The van der Waals surface area contributed by atoms with Crippen molar-refractivity contribution in [1.82, 2.24) is 5.32 Å². The van der Waals surface area contributed by atoms with E-state index in [1.54, 1.807) is 6.92 Å². The summed E-state index contributed by atoms with van der Waals surface area (Å²) in [5.41, 5.74) is 0. The molecule has 0 aromatic heterocycles. The van der Waals surface area contributed by atoms with Crippen molar-refractivity contribution in [3.8, 4) is 5.75 Å². The van der Waals surface area contributed by atoms with Crippen LogP contribution in [0.3, 0.4) is 0 Å². The molecule has 1 amide bonds. The molecule has 1 rings (SSSR count). The molecule has 5 nitrogen and oxygen atoms in total. The van der Waals surface area contributed by atoms with Gasteiger partial charge in [-0.1, -0.05) is 18.5 Å². The number of nitrogens with one attached hydrogen (secondary N) is 1. The number of amides is 1. The standard InChI is InChI=1S/C12H15Cl2NO4S/c1-3-6-15-12(16)8(2)19-11-5-4-9(7-10(11)13)20(14,17)18/h4-5,7-8H,3,6H2,1-2H3,(H,15,16). The molecule has 0 bridgehead atoms. The summed E-state index contributed by atoms with van der Waals surface area (Å²) in [6.45, 7) is 4.07. The number of halogens is 2. The first-order valence-corrected chi connectivity index (χ1v) is 8.63. The van der Waals surface area contributed by atoms with Crippen molar-refractivity contribution >= 4 is 37.2 Å². The van der Waals surface area contributed by atoms with Gasteiger partial charge in [0.1, 0.15) is 5.75 Å². The maximum atomic E-state index is 11.6. The fraction of sp³-hybridized carbons (Fsp3) is 0.417. The summed E-state index contributed by atoms with van der Waals surface area (Å²) >= 11 is 5.91. The molecule has 0 heterocycles. The van der Waals surface area contributed by atoms with E-state index in [1.165, 1.54) is 18.2 Å². The summed E-state index contributed by atoms with van der Waals surface area (Å²) in [7, 11) is 1.36.